The van der Waals surface area contributed by atoms with Crippen LogP contribution in [-0.2, 0) is 6.54 Å². The Hall–Kier alpha value is -4.00. The first-order valence-electron chi connectivity index (χ1n) is 8.57. The van der Waals surface area contributed by atoms with Crippen molar-refractivity contribution in [1.82, 2.24) is 9.55 Å². The van der Waals surface area contributed by atoms with Crippen LogP contribution < -0.4 is 5.56 Å². The van der Waals surface area contributed by atoms with E-state index in [1.807, 2.05) is 36.4 Å². The molecule has 0 aliphatic carbocycles. The molecule has 7 nitrogen and oxygen atoms in total. The smallest absolute Gasteiger partial charge is 0.401 e. The van der Waals surface area contributed by atoms with Crippen LogP contribution in [0.4, 0.5) is 5.88 Å². The van der Waals surface area contributed by atoms with Gasteiger partial charge in [0, 0.05) is 0 Å². The zero-order chi connectivity index (χ0) is 19.5. The normalized spacial score (nSPS) is 11.3. The molecule has 0 spiro atoms. The van der Waals surface area contributed by atoms with Crippen LogP contribution in [0.2, 0.25) is 0 Å². The Morgan fingerprint density at radius 1 is 1.00 bits per heavy atom. The summed E-state index contributed by atoms with van der Waals surface area (Å²) in [6, 6.07) is 19.5. The average molecular weight is 373 g/mol. The molecule has 0 aliphatic rings. The maximum Gasteiger partial charge on any atom is 0.433 e. The van der Waals surface area contributed by atoms with E-state index in [9.17, 15) is 14.9 Å². The summed E-state index contributed by atoms with van der Waals surface area (Å²) >= 11 is 0. The van der Waals surface area contributed by atoms with E-state index in [-0.39, 0.29) is 11.4 Å². The highest BCUT2D eigenvalue weighted by Gasteiger charge is 2.12. The van der Waals surface area contributed by atoms with Crippen LogP contribution in [0.25, 0.3) is 23.1 Å². The lowest BCUT2D eigenvalue weighted by Gasteiger charge is -2.11. The van der Waals surface area contributed by atoms with Crippen LogP contribution in [0.3, 0.4) is 0 Å². The Balaban J connectivity index is 1.80. The number of furan rings is 1. The molecule has 2 heterocycles. The minimum atomic E-state index is -0.600. The Labute approximate surface area is 159 Å². The van der Waals surface area contributed by atoms with E-state index in [0.29, 0.717) is 29.0 Å². The van der Waals surface area contributed by atoms with Gasteiger partial charge >= 0.3 is 5.88 Å². The van der Waals surface area contributed by atoms with Gasteiger partial charge in [0.1, 0.15) is 16.5 Å². The fourth-order valence-corrected chi connectivity index (χ4v) is 2.92. The number of nitrogens with zero attached hydrogens (tertiary/aromatic N) is 3. The summed E-state index contributed by atoms with van der Waals surface area (Å²) in [6.45, 7) is 0.357. The van der Waals surface area contributed by atoms with Gasteiger partial charge in [-0.25, -0.2) is 4.98 Å². The summed E-state index contributed by atoms with van der Waals surface area (Å²) in [5.41, 5.74) is 1.39. The number of fused-ring (bicyclic) bond motifs is 1. The number of para-hydroxylation sites is 1. The highest BCUT2D eigenvalue weighted by atomic mass is 16.6. The van der Waals surface area contributed by atoms with Gasteiger partial charge in [-0.1, -0.05) is 42.5 Å². The molecule has 0 N–H and O–H groups in total. The molecule has 0 radical (unpaired) electrons. The SMILES string of the molecule is O=c1c2ccccc2nc(/C=C/c2ccc([N+](=O)[O-])o2)n1Cc1ccccc1. The van der Waals surface area contributed by atoms with E-state index in [4.69, 9.17) is 4.42 Å². The second-order valence-electron chi connectivity index (χ2n) is 6.13. The first-order chi connectivity index (χ1) is 13.6. The monoisotopic (exact) mass is 373 g/mol. The number of rotatable bonds is 5. The molecule has 2 aromatic carbocycles. The highest BCUT2D eigenvalue weighted by molar-refractivity contribution is 5.79. The molecule has 138 valence electrons. The van der Waals surface area contributed by atoms with Crippen molar-refractivity contribution in [2.24, 2.45) is 0 Å². The summed E-state index contributed by atoms with van der Waals surface area (Å²) in [5.74, 6) is 0.403. The molecule has 2 aromatic heterocycles. The van der Waals surface area contributed by atoms with Gasteiger partial charge in [0.05, 0.1) is 23.5 Å². The van der Waals surface area contributed by atoms with Crippen LogP contribution in [0.1, 0.15) is 17.1 Å². The molecule has 28 heavy (non-hydrogen) atoms. The molecule has 0 fully saturated rings. The summed E-state index contributed by atoms with van der Waals surface area (Å²) in [7, 11) is 0. The lowest BCUT2D eigenvalue weighted by atomic mass is 10.2. The van der Waals surface area contributed by atoms with Gasteiger partial charge in [-0.15, -0.1) is 0 Å². The Bertz CT molecular complexity index is 1240. The van der Waals surface area contributed by atoms with E-state index < -0.39 is 4.92 Å². The number of aromatic nitrogens is 2. The van der Waals surface area contributed by atoms with Crippen LogP contribution >= 0.6 is 0 Å². The quantitative estimate of drug-likeness (QED) is 0.388. The molecule has 0 aliphatic heterocycles. The molecular weight excluding hydrogens is 358 g/mol. The van der Waals surface area contributed by atoms with Crippen molar-refractivity contribution < 1.29 is 9.34 Å². The third-order valence-corrected chi connectivity index (χ3v) is 4.26. The van der Waals surface area contributed by atoms with Gasteiger partial charge in [-0.3, -0.25) is 19.5 Å². The number of hydrogen-bond acceptors (Lipinski definition) is 5. The van der Waals surface area contributed by atoms with Crippen molar-refractivity contribution in [3.8, 4) is 0 Å². The van der Waals surface area contributed by atoms with E-state index >= 15 is 0 Å². The maximum absolute atomic E-state index is 13.0. The molecule has 0 amide bonds. The van der Waals surface area contributed by atoms with Crippen molar-refractivity contribution in [3.63, 3.8) is 0 Å². The molecule has 0 saturated carbocycles. The number of benzene rings is 2. The van der Waals surface area contributed by atoms with Gasteiger partial charge < -0.3 is 4.42 Å². The summed E-state index contributed by atoms with van der Waals surface area (Å²) in [4.78, 5) is 27.8. The molecule has 0 bridgehead atoms. The maximum atomic E-state index is 13.0. The molecule has 0 saturated heterocycles. The zero-order valence-electron chi connectivity index (χ0n) is 14.7. The fourth-order valence-electron chi connectivity index (χ4n) is 2.92. The second-order valence-corrected chi connectivity index (χ2v) is 6.13. The fraction of sp³-hybridized carbons (Fsp3) is 0.0476. The van der Waals surface area contributed by atoms with Crippen LogP contribution in [0.5, 0.6) is 0 Å². The minimum absolute atomic E-state index is 0.153. The summed E-state index contributed by atoms with van der Waals surface area (Å²) < 4.78 is 6.72. The topological polar surface area (TPSA) is 91.2 Å². The lowest BCUT2D eigenvalue weighted by molar-refractivity contribution is -0.402. The predicted molar refractivity (Wildman–Crippen MR) is 106 cm³/mol. The van der Waals surface area contributed by atoms with Crippen molar-refractivity contribution in [2.75, 3.05) is 0 Å². The van der Waals surface area contributed by atoms with Crippen molar-refractivity contribution >= 4 is 28.9 Å². The van der Waals surface area contributed by atoms with Gasteiger partial charge in [-0.05, 0) is 35.9 Å². The standard InChI is InChI=1S/C21H15N3O4/c25-21-17-8-4-5-9-18(17)22-19(23(21)14-15-6-2-1-3-7-15)12-10-16-11-13-20(28-16)24(26)27/h1-13H,14H2/b12-10+. The second kappa shape index (κ2) is 7.32. The first-order valence-corrected chi connectivity index (χ1v) is 8.57. The lowest BCUT2D eigenvalue weighted by Crippen LogP contribution is -2.24. The third-order valence-electron chi connectivity index (χ3n) is 4.26. The zero-order valence-corrected chi connectivity index (χ0v) is 14.7. The molecule has 0 atom stereocenters. The largest absolute Gasteiger partial charge is 0.433 e. The average Bonchev–Trinajstić information content (AvgIpc) is 3.19. The Morgan fingerprint density at radius 3 is 2.50 bits per heavy atom. The van der Waals surface area contributed by atoms with E-state index in [2.05, 4.69) is 4.98 Å². The predicted octanol–water partition coefficient (Wildman–Crippen LogP) is 4.12. The van der Waals surface area contributed by atoms with Gasteiger partial charge in [0.25, 0.3) is 5.56 Å². The van der Waals surface area contributed by atoms with Gasteiger partial charge in [0.2, 0.25) is 0 Å². The minimum Gasteiger partial charge on any atom is -0.401 e. The number of hydrogen-bond donors (Lipinski definition) is 0. The van der Waals surface area contributed by atoms with E-state index in [1.165, 1.54) is 12.1 Å². The third kappa shape index (κ3) is 3.45. The molecule has 4 aromatic rings. The molecule has 0 unspecified atom stereocenters. The Morgan fingerprint density at radius 2 is 1.75 bits per heavy atom. The highest BCUT2D eigenvalue weighted by Crippen LogP contribution is 2.18. The van der Waals surface area contributed by atoms with Crippen molar-refractivity contribution in [3.05, 3.63) is 104 Å². The molecule has 4 rings (SSSR count). The van der Waals surface area contributed by atoms with Crippen molar-refractivity contribution in [2.45, 2.75) is 6.54 Å². The van der Waals surface area contributed by atoms with Crippen LogP contribution in [0.15, 0.2) is 75.9 Å². The number of nitro groups is 1. The first kappa shape index (κ1) is 17.4. The summed E-state index contributed by atoms with van der Waals surface area (Å²) in [5, 5.41) is 11.3. The Kier molecular flexibility index (Phi) is 4.55. The van der Waals surface area contributed by atoms with Gasteiger partial charge in [0.15, 0.2) is 0 Å². The summed E-state index contributed by atoms with van der Waals surface area (Å²) in [6.07, 6.45) is 3.18. The van der Waals surface area contributed by atoms with Gasteiger partial charge in [-0.2, -0.15) is 0 Å². The molecular formula is C21H15N3O4. The molecule has 7 heteroatoms. The van der Waals surface area contributed by atoms with Crippen molar-refractivity contribution in [1.29, 1.82) is 0 Å². The van der Waals surface area contributed by atoms with Crippen LogP contribution in [0, 0.1) is 10.1 Å². The van der Waals surface area contributed by atoms with Crippen LogP contribution in [-0.4, -0.2) is 14.5 Å². The van der Waals surface area contributed by atoms with E-state index in [0.717, 1.165) is 5.56 Å². The van der Waals surface area contributed by atoms with E-state index in [1.54, 1.807) is 34.9 Å².